The number of benzene rings is 1. The van der Waals surface area contributed by atoms with Crippen LogP contribution in [0.4, 0.5) is 0 Å². The first-order valence-electron chi connectivity index (χ1n) is 9.57. The van der Waals surface area contributed by atoms with Crippen LogP contribution in [-0.4, -0.2) is 46.8 Å². The van der Waals surface area contributed by atoms with Gasteiger partial charge in [0.25, 0.3) is 5.91 Å². The monoisotopic (exact) mass is 370 g/mol. The SMILES string of the molecule is CN1CCC(NC(=O)c2ccn(COc3ccc(C(C)(C)C)cc3)n2)CC1. The van der Waals surface area contributed by atoms with Crippen molar-refractivity contribution in [1.82, 2.24) is 20.0 Å². The lowest BCUT2D eigenvalue weighted by Gasteiger charge is -2.29. The third kappa shape index (κ3) is 5.32. The van der Waals surface area contributed by atoms with Gasteiger partial charge < -0.3 is 15.0 Å². The van der Waals surface area contributed by atoms with E-state index < -0.39 is 0 Å². The molecule has 0 spiro atoms. The number of hydrogen-bond donors (Lipinski definition) is 1. The molecule has 1 aliphatic heterocycles. The molecule has 0 atom stereocenters. The molecule has 1 aromatic carbocycles. The summed E-state index contributed by atoms with van der Waals surface area (Å²) in [5.74, 6) is 0.675. The number of hydrogen-bond acceptors (Lipinski definition) is 4. The molecule has 2 heterocycles. The van der Waals surface area contributed by atoms with Gasteiger partial charge in [-0.2, -0.15) is 5.10 Å². The van der Waals surface area contributed by atoms with Crippen molar-refractivity contribution in [3.8, 4) is 5.75 Å². The number of nitrogens with one attached hydrogen (secondary N) is 1. The quantitative estimate of drug-likeness (QED) is 0.879. The maximum Gasteiger partial charge on any atom is 0.271 e. The van der Waals surface area contributed by atoms with Crippen molar-refractivity contribution in [2.75, 3.05) is 20.1 Å². The minimum atomic E-state index is -0.113. The molecule has 3 rings (SSSR count). The molecule has 0 radical (unpaired) electrons. The highest BCUT2D eigenvalue weighted by molar-refractivity contribution is 5.92. The van der Waals surface area contributed by atoms with Gasteiger partial charge in [-0.05, 0) is 62.2 Å². The predicted molar refractivity (Wildman–Crippen MR) is 106 cm³/mol. The van der Waals surface area contributed by atoms with Crippen LogP contribution in [0.15, 0.2) is 36.5 Å². The number of carbonyl (C=O) groups is 1. The Kier molecular flexibility index (Phi) is 5.85. The third-order valence-corrected chi connectivity index (χ3v) is 5.01. The Hall–Kier alpha value is -2.34. The Bertz CT molecular complexity index is 753. The average Bonchev–Trinajstić information content (AvgIpc) is 3.11. The number of aromatic nitrogens is 2. The van der Waals surface area contributed by atoms with E-state index in [0.717, 1.165) is 31.7 Å². The molecule has 1 aliphatic rings. The van der Waals surface area contributed by atoms with E-state index in [-0.39, 0.29) is 24.1 Å². The van der Waals surface area contributed by atoms with E-state index in [1.54, 1.807) is 16.9 Å². The summed E-state index contributed by atoms with van der Waals surface area (Å²) >= 11 is 0. The summed E-state index contributed by atoms with van der Waals surface area (Å²) in [5, 5.41) is 7.41. The summed E-state index contributed by atoms with van der Waals surface area (Å²) in [5.41, 5.74) is 1.82. The fourth-order valence-electron chi connectivity index (χ4n) is 3.16. The zero-order valence-electron chi connectivity index (χ0n) is 16.7. The number of carbonyl (C=O) groups excluding carboxylic acids is 1. The summed E-state index contributed by atoms with van der Waals surface area (Å²) in [4.78, 5) is 14.7. The van der Waals surface area contributed by atoms with Crippen LogP contribution in [0.1, 0.15) is 49.7 Å². The number of amides is 1. The first kappa shape index (κ1) is 19.4. The average molecular weight is 370 g/mol. The molecule has 1 fully saturated rings. The van der Waals surface area contributed by atoms with Gasteiger partial charge in [0.1, 0.15) is 11.4 Å². The van der Waals surface area contributed by atoms with Gasteiger partial charge in [-0.15, -0.1) is 0 Å². The highest BCUT2D eigenvalue weighted by Gasteiger charge is 2.20. The molecular weight excluding hydrogens is 340 g/mol. The van der Waals surface area contributed by atoms with Crippen molar-refractivity contribution in [3.63, 3.8) is 0 Å². The summed E-state index contributed by atoms with van der Waals surface area (Å²) in [6, 6.07) is 10.1. The molecule has 1 N–H and O–H groups in total. The zero-order chi connectivity index (χ0) is 19.4. The molecule has 6 nitrogen and oxygen atoms in total. The van der Waals surface area contributed by atoms with E-state index in [1.807, 2.05) is 12.1 Å². The zero-order valence-corrected chi connectivity index (χ0v) is 16.7. The minimum absolute atomic E-state index is 0.113. The van der Waals surface area contributed by atoms with E-state index in [1.165, 1.54) is 5.56 Å². The summed E-state index contributed by atoms with van der Waals surface area (Å²) in [6.45, 7) is 8.86. The van der Waals surface area contributed by atoms with Crippen molar-refractivity contribution in [1.29, 1.82) is 0 Å². The Morgan fingerprint density at radius 3 is 2.48 bits per heavy atom. The van der Waals surface area contributed by atoms with Crippen LogP contribution in [0.2, 0.25) is 0 Å². The van der Waals surface area contributed by atoms with Gasteiger partial charge in [0, 0.05) is 12.2 Å². The van der Waals surface area contributed by atoms with Crippen LogP contribution in [0, 0.1) is 0 Å². The van der Waals surface area contributed by atoms with Gasteiger partial charge in [0.2, 0.25) is 0 Å². The number of piperidine rings is 1. The van der Waals surface area contributed by atoms with Crippen molar-refractivity contribution in [2.24, 2.45) is 0 Å². The maximum absolute atomic E-state index is 12.4. The van der Waals surface area contributed by atoms with Crippen LogP contribution < -0.4 is 10.1 Å². The molecule has 0 unspecified atom stereocenters. The number of likely N-dealkylation sites (tertiary alicyclic amines) is 1. The minimum Gasteiger partial charge on any atom is -0.471 e. The molecule has 1 amide bonds. The van der Waals surface area contributed by atoms with Crippen LogP contribution in [0.5, 0.6) is 5.75 Å². The Balaban J connectivity index is 1.51. The topological polar surface area (TPSA) is 59.4 Å². The molecule has 1 saturated heterocycles. The molecule has 0 aliphatic carbocycles. The molecule has 6 heteroatoms. The highest BCUT2D eigenvalue weighted by Crippen LogP contribution is 2.24. The van der Waals surface area contributed by atoms with E-state index in [4.69, 9.17) is 4.74 Å². The molecule has 2 aromatic rings. The first-order valence-corrected chi connectivity index (χ1v) is 9.57. The smallest absolute Gasteiger partial charge is 0.271 e. The van der Waals surface area contributed by atoms with Gasteiger partial charge in [-0.1, -0.05) is 32.9 Å². The number of ether oxygens (including phenoxy) is 1. The molecule has 0 bridgehead atoms. The van der Waals surface area contributed by atoms with Crippen molar-refractivity contribution in [3.05, 3.63) is 47.8 Å². The normalized spacial score (nSPS) is 16.3. The van der Waals surface area contributed by atoms with Gasteiger partial charge in [-0.3, -0.25) is 4.79 Å². The Morgan fingerprint density at radius 2 is 1.85 bits per heavy atom. The van der Waals surface area contributed by atoms with E-state index in [9.17, 15) is 4.79 Å². The lowest BCUT2D eigenvalue weighted by molar-refractivity contribution is 0.0909. The molecule has 1 aromatic heterocycles. The fourth-order valence-corrected chi connectivity index (χ4v) is 3.16. The van der Waals surface area contributed by atoms with Crippen LogP contribution in [-0.2, 0) is 12.1 Å². The van der Waals surface area contributed by atoms with Gasteiger partial charge >= 0.3 is 0 Å². The summed E-state index contributed by atoms with van der Waals surface area (Å²) < 4.78 is 7.42. The summed E-state index contributed by atoms with van der Waals surface area (Å²) in [7, 11) is 2.11. The predicted octanol–water partition coefficient (Wildman–Crippen LogP) is 3.04. The Labute approximate surface area is 161 Å². The second kappa shape index (κ2) is 8.13. The van der Waals surface area contributed by atoms with E-state index >= 15 is 0 Å². The highest BCUT2D eigenvalue weighted by atomic mass is 16.5. The summed E-state index contributed by atoms with van der Waals surface area (Å²) in [6.07, 6.45) is 3.74. The largest absolute Gasteiger partial charge is 0.471 e. The van der Waals surface area contributed by atoms with Crippen molar-refractivity contribution < 1.29 is 9.53 Å². The lowest BCUT2D eigenvalue weighted by atomic mass is 9.87. The lowest BCUT2D eigenvalue weighted by Crippen LogP contribution is -2.43. The standard InChI is InChI=1S/C21H30N4O2/c1-21(2,3)16-5-7-18(8-6-16)27-15-25-14-11-19(23-25)20(26)22-17-9-12-24(4)13-10-17/h5-8,11,14,17H,9-10,12-13,15H2,1-4H3,(H,22,26). The first-order chi connectivity index (χ1) is 12.8. The van der Waals surface area contributed by atoms with Crippen LogP contribution >= 0.6 is 0 Å². The van der Waals surface area contributed by atoms with Gasteiger partial charge in [0.05, 0.1) is 0 Å². The van der Waals surface area contributed by atoms with Crippen molar-refractivity contribution >= 4 is 5.91 Å². The van der Waals surface area contributed by atoms with Crippen molar-refractivity contribution in [2.45, 2.75) is 51.8 Å². The van der Waals surface area contributed by atoms with E-state index in [2.05, 4.69) is 55.3 Å². The van der Waals surface area contributed by atoms with Gasteiger partial charge in [-0.25, -0.2) is 4.68 Å². The van der Waals surface area contributed by atoms with E-state index in [0.29, 0.717) is 5.69 Å². The number of rotatable bonds is 5. The second-order valence-corrected chi connectivity index (χ2v) is 8.34. The molecule has 27 heavy (non-hydrogen) atoms. The van der Waals surface area contributed by atoms with Gasteiger partial charge in [0.15, 0.2) is 6.73 Å². The van der Waals surface area contributed by atoms with Crippen LogP contribution in [0.25, 0.3) is 0 Å². The molecule has 0 saturated carbocycles. The Morgan fingerprint density at radius 1 is 1.19 bits per heavy atom. The molecular formula is C21H30N4O2. The second-order valence-electron chi connectivity index (χ2n) is 8.34. The maximum atomic E-state index is 12.4. The number of nitrogens with zero attached hydrogens (tertiary/aromatic N) is 3. The molecule has 146 valence electrons. The van der Waals surface area contributed by atoms with Crippen LogP contribution in [0.3, 0.4) is 0 Å². The third-order valence-electron chi connectivity index (χ3n) is 5.01. The fraction of sp³-hybridized carbons (Fsp3) is 0.524.